The van der Waals surface area contributed by atoms with Crippen LogP contribution in [-0.2, 0) is 35.6 Å². The van der Waals surface area contributed by atoms with Crippen LogP contribution in [0.15, 0.2) is 30.3 Å². The van der Waals surface area contributed by atoms with Gasteiger partial charge in [0.15, 0.2) is 26.0 Å². The van der Waals surface area contributed by atoms with E-state index in [0.29, 0.717) is 19.4 Å². The highest BCUT2D eigenvalue weighted by molar-refractivity contribution is 7.95. The van der Waals surface area contributed by atoms with Crippen molar-refractivity contribution in [2.24, 2.45) is 0 Å². The quantitative estimate of drug-likeness (QED) is 0.570. The van der Waals surface area contributed by atoms with E-state index in [0.717, 1.165) is 11.8 Å². The summed E-state index contributed by atoms with van der Waals surface area (Å²) in [4.78, 5) is 0. The van der Waals surface area contributed by atoms with Crippen molar-refractivity contribution < 1.29 is 26.3 Å². The first-order valence-corrected chi connectivity index (χ1v) is 11.6. The Labute approximate surface area is 144 Å². The van der Waals surface area contributed by atoms with E-state index < -0.39 is 42.2 Å². The first-order valence-electron chi connectivity index (χ1n) is 7.90. The van der Waals surface area contributed by atoms with Gasteiger partial charge >= 0.3 is 0 Å². The van der Waals surface area contributed by atoms with E-state index in [-0.39, 0.29) is 6.61 Å². The number of ether oxygens (including phenoxy) is 2. The standard InChI is InChI=1S/C16H24O6S2/c1-3-14(9-13-7-5-4-6-8-13)24(19,20)12-15(23(2,17)18)10-21-16-11-22-16/h4-8,14-16H,3,9-12H2,1-2H3. The molecule has 6 nitrogen and oxygen atoms in total. The lowest BCUT2D eigenvalue weighted by Gasteiger charge is -2.20. The maximum Gasteiger partial charge on any atom is 0.181 e. The summed E-state index contributed by atoms with van der Waals surface area (Å²) < 4.78 is 59.5. The zero-order chi connectivity index (χ0) is 17.8. The average Bonchev–Trinajstić information content (AvgIpc) is 3.33. The minimum Gasteiger partial charge on any atom is -0.349 e. The minimum absolute atomic E-state index is 0.162. The predicted molar refractivity (Wildman–Crippen MR) is 92.3 cm³/mol. The van der Waals surface area contributed by atoms with Gasteiger partial charge in [0.25, 0.3) is 0 Å². The molecular formula is C16H24O6S2. The Morgan fingerprint density at radius 3 is 2.29 bits per heavy atom. The van der Waals surface area contributed by atoms with Gasteiger partial charge in [-0.3, -0.25) is 0 Å². The molecule has 0 aromatic heterocycles. The van der Waals surface area contributed by atoms with Gasteiger partial charge in [-0.1, -0.05) is 37.3 Å². The van der Waals surface area contributed by atoms with Crippen molar-refractivity contribution in [2.45, 2.75) is 36.6 Å². The van der Waals surface area contributed by atoms with Gasteiger partial charge in [0.2, 0.25) is 0 Å². The normalized spacial score (nSPS) is 20.5. The second-order valence-electron chi connectivity index (χ2n) is 6.10. The van der Waals surface area contributed by atoms with Gasteiger partial charge in [0, 0.05) is 6.26 Å². The van der Waals surface area contributed by atoms with Crippen LogP contribution in [0.3, 0.4) is 0 Å². The largest absolute Gasteiger partial charge is 0.349 e. The highest BCUT2D eigenvalue weighted by atomic mass is 32.2. The van der Waals surface area contributed by atoms with Crippen LogP contribution in [-0.4, -0.2) is 58.8 Å². The third-order valence-corrected chi connectivity index (χ3v) is 8.17. The number of benzene rings is 1. The second-order valence-corrected chi connectivity index (χ2v) is 10.7. The summed E-state index contributed by atoms with van der Waals surface area (Å²) in [6.45, 7) is 2.06. The average molecular weight is 376 g/mol. The molecule has 0 radical (unpaired) electrons. The Hall–Kier alpha value is -0.960. The maximum absolute atomic E-state index is 12.7. The van der Waals surface area contributed by atoms with E-state index >= 15 is 0 Å². The van der Waals surface area contributed by atoms with Crippen molar-refractivity contribution in [3.05, 3.63) is 35.9 Å². The number of sulfone groups is 2. The van der Waals surface area contributed by atoms with E-state index in [1.165, 1.54) is 0 Å². The van der Waals surface area contributed by atoms with Crippen molar-refractivity contribution >= 4 is 19.7 Å². The van der Waals surface area contributed by atoms with Gasteiger partial charge in [0.05, 0.1) is 22.9 Å². The molecule has 1 aliphatic rings. The lowest BCUT2D eigenvalue weighted by atomic mass is 10.1. The van der Waals surface area contributed by atoms with Crippen LogP contribution < -0.4 is 0 Å². The van der Waals surface area contributed by atoms with Gasteiger partial charge in [0.1, 0.15) is 6.61 Å². The number of rotatable bonds is 10. The monoisotopic (exact) mass is 376 g/mol. The predicted octanol–water partition coefficient (Wildman–Crippen LogP) is 1.21. The third kappa shape index (κ3) is 5.84. The van der Waals surface area contributed by atoms with E-state index in [9.17, 15) is 16.8 Å². The summed E-state index contributed by atoms with van der Waals surface area (Å²) in [6.07, 6.45) is 1.45. The summed E-state index contributed by atoms with van der Waals surface area (Å²) >= 11 is 0. The van der Waals surface area contributed by atoms with Crippen LogP contribution in [0.5, 0.6) is 0 Å². The molecule has 1 aromatic rings. The molecule has 0 spiro atoms. The number of hydrogen-bond acceptors (Lipinski definition) is 6. The van der Waals surface area contributed by atoms with Crippen molar-refractivity contribution in [3.8, 4) is 0 Å². The third-order valence-electron chi connectivity index (χ3n) is 4.06. The number of epoxide rings is 1. The molecule has 1 saturated heterocycles. The van der Waals surface area contributed by atoms with E-state index in [4.69, 9.17) is 9.47 Å². The summed E-state index contributed by atoms with van der Waals surface area (Å²) in [5.74, 6) is -0.427. The molecule has 1 heterocycles. The lowest BCUT2D eigenvalue weighted by Crippen LogP contribution is -2.38. The molecule has 3 unspecified atom stereocenters. The molecule has 24 heavy (non-hydrogen) atoms. The molecule has 136 valence electrons. The first kappa shape index (κ1) is 19.4. The molecule has 0 saturated carbocycles. The molecule has 1 fully saturated rings. The minimum atomic E-state index is -3.58. The fourth-order valence-corrected chi connectivity index (χ4v) is 6.17. The second kappa shape index (κ2) is 7.95. The highest BCUT2D eigenvalue weighted by Crippen LogP contribution is 2.19. The Morgan fingerprint density at radius 2 is 1.79 bits per heavy atom. The molecule has 8 heteroatoms. The van der Waals surface area contributed by atoms with Gasteiger partial charge in [-0.2, -0.15) is 0 Å². The smallest absolute Gasteiger partial charge is 0.181 e. The molecule has 1 aliphatic heterocycles. The molecular weight excluding hydrogens is 352 g/mol. The molecule has 2 rings (SSSR count). The zero-order valence-corrected chi connectivity index (χ0v) is 15.6. The van der Waals surface area contributed by atoms with E-state index in [1.807, 2.05) is 30.3 Å². The number of hydrogen-bond donors (Lipinski definition) is 0. The van der Waals surface area contributed by atoms with Crippen LogP contribution in [0.4, 0.5) is 0 Å². The SMILES string of the molecule is CCC(Cc1ccccc1)S(=O)(=O)CC(COC1CO1)S(C)(=O)=O. The van der Waals surface area contributed by atoms with E-state index in [2.05, 4.69) is 0 Å². The van der Waals surface area contributed by atoms with Gasteiger partial charge in [-0.05, 0) is 18.4 Å². The Balaban J connectivity index is 2.09. The zero-order valence-electron chi connectivity index (χ0n) is 13.9. The Kier molecular flexibility index (Phi) is 6.41. The molecule has 0 aliphatic carbocycles. The van der Waals surface area contributed by atoms with Crippen molar-refractivity contribution in [1.82, 2.24) is 0 Å². The molecule has 0 amide bonds. The van der Waals surface area contributed by atoms with Crippen molar-refractivity contribution in [3.63, 3.8) is 0 Å². The van der Waals surface area contributed by atoms with Crippen molar-refractivity contribution in [1.29, 1.82) is 0 Å². The van der Waals surface area contributed by atoms with Gasteiger partial charge < -0.3 is 9.47 Å². The maximum atomic E-state index is 12.7. The first-order chi connectivity index (χ1) is 11.2. The van der Waals surface area contributed by atoms with Crippen LogP contribution >= 0.6 is 0 Å². The highest BCUT2D eigenvalue weighted by Gasteiger charge is 2.34. The summed E-state index contributed by atoms with van der Waals surface area (Å²) in [7, 11) is -7.12. The Bertz CT molecular complexity index is 723. The summed E-state index contributed by atoms with van der Waals surface area (Å²) in [5.41, 5.74) is 0.923. The lowest BCUT2D eigenvalue weighted by molar-refractivity contribution is 0.0522. The topological polar surface area (TPSA) is 90.0 Å². The van der Waals surface area contributed by atoms with Crippen LogP contribution in [0.2, 0.25) is 0 Å². The fraction of sp³-hybridized carbons (Fsp3) is 0.625. The molecule has 0 bridgehead atoms. The van der Waals surface area contributed by atoms with Crippen molar-refractivity contribution in [2.75, 3.05) is 25.2 Å². The fourth-order valence-electron chi connectivity index (χ4n) is 2.44. The Morgan fingerprint density at radius 1 is 1.17 bits per heavy atom. The van der Waals surface area contributed by atoms with E-state index in [1.54, 1.807) is 6.92 Å². The van der Waals surface area contributed by atoms with Crippen LogP contribution in [0.25, 0.3) is 0 Å². The van der Waals surface area contributed by atoms with Gasteiger partial charge in [-0.25, -0.2) is 16.8 Å². The summed E-state index contributed by atoms with van der Waals surface area (Å²) in [5, 5.41) is -1.68. The molecule has 0 N–H and O–H groups in total. The molecule has 1 aromatic carbocycles. The van der Waals surface area contributed by atoms with Crippen LogP contribution in [0.1, 0.15) is 18.9 Å². The summed E-state index contributed by atoms with van der Waals surface area (Å²) in [6, 6.07) is 9.34. The van der Waals surface area contributed by atoms with Crippen LogP contribution in [0, 0.1) is 0 Å². The van der Waals surface area contributed by atoms with Gasteiger partial charge in [-0.15, -0.1) is 0 Å². The molecule has 3 atom stereocenters.